The normalized spacial score (nSPS) is 19.4. The van der Waals surface area contributed by atoms with Gasteiger partial charge in [0.2, 0.25) is 12.2 Å². The number of carbonyl (C=O) groups excluding carboxylic acids is 6. The van der Waals surface area contributed by atoms with Crippen molar-refractivity contribution in [2.45, 2.75) is 19.3 Å². The average molecular weight is 731 g/mol. The van der Waals surface area contributed by atoms with Gasteiger partial charge in [-0.2, -0.15) is 0 Å². The van der Waals surface area contributed by atoms with Gasteiger partial charge in [0.15, 0.2) is 0 Å². The van der Waals surface area contributed by atoms with Crippen LogP contribution in [-0.2, 0) is 38.4 Å². The van der Waals surface area contributed by atoms with Crippen molar-refractivity contribution in [2.24, 2.45) is 53.1 Å². The van der Waals surface area contributed by atoms with E-state index in [0.29, 0.717) is 29.3 Å². The van der Waals surface area contributed by atoms with Crippen LogP contribution in [0.2, 0.25) is 0 Å². The topological polar surface area (TPSA) is 276 Å². The number of hydrazone groups is 4. The van der Waals surface area contributed by atoms with E-state index in [9.17, 15) is 48.6 Å². The monoisotopic (exact) mass is 730 g/mol. The maximum Gasteiger partial charge on any atom is 0.311 e. The molecular formula is C33H30N8O12. The molecule has 1 fully saturated rings. The Kier molecular flexibility index (Phi) is 16.5. The van der Waals surface area contributed by atoms with Crippen molar-refractivity contribution in [1.82, 2.24) is 0 Å². The SMILES string of the molecule is COc1ccc(N(N=C=O)N=C=O)cc1.COc1ccc(N(N=C=O)N=C=O)cc1.O=C=NCCC12C=CC(C1)C(C(=O)O)C2(CCN=C=O)C(=O)O. The summed E-state index contributed by atoms with van der Waals surface area (Å²) in [4.78, 5) is 91.4. The third kappa shape index (κ3) is 10.3. The van der Waals surface area contributed by atoms with Crippen LogP contribution in [0.4, 0.5) is 11.4 Å². The van der Waals surface area contributed by atoms with Crippen LogP contribution in [0.5, 0.6) is 11.5 Å². The highest BCUT2D eigenvalue weighted by molar-refractivity contribution is 5.87. The fourth-order valence-corrected chi connectivity index (χ4v) is 6.20. The molecule has 4 atom stereocenters. The fourth-order valence-electron chi connectivity index (χ4n) is 6.20. The van der Waals surface area contributed by atoms with E-state index in [4.69, 9.17) is 9.47 Å². The Labute approximate surface area is 299 Å². The van der Waals surface area contributed by atoms with E-state index in [2.05, 4.69) is 30.4 Å². The maximum atomic E-state index is 12.1. The first-order valence-corrected chi connectivity index (χ1v) is 15.0. The number of aliphatic carboxylic acids is 2. The number of carboxylic acids is 2. The molecule has 53 heavy (non-hydrogen) atoms. The van der Waals surface area contributed by atoms with E-state index in [1.807, 2.05) is 0 Å². The number of carbonyl (C=O) groups is 2. The van der Waals surface area contributed by atoms with E-state index < -0.39 is 34.6 Å². The average Bonchev–Trinajstić information content (AvgIpc) is 3.71. The van der Waals surface area contributed by atoms with Gasteiger partial charge in [-0.3, -0.25) is 9.59 Å². The molecule has 2 aliphatic carbocycles. The molecule has 2 N–H and O–H groups in total. The molecule has 0 amide bonds. The van der Waals surface area contributed by atoms with Crippen LogP contribution in [0, 0.1) is 22.7 Å². The predicted molar refractivity (Wildman–Crippen MR) is 180 cm³/mol. The molecule has 2 aliphatic rings. The zero-order chi connectivity index (χ0) is 39.3. The first kappa shape index (κ1) is 41.8. The van der Waals surface area contributed by atoms with Crippen molar-refractivity contribution in [3.63, 3.8) is 0 Å². The lowest BCUT2D eigenvalue weighted by atomic mass is 9.57. The minimum Gasteiger partial charge on any atom is -0.497 e. The van der Waals surface area contributed by atoms with Gasteiger partial charge in [0.05, 0.1) is 50.0 Å². The molecule has 20 nitrogen and oxygen atoms in total. The smallest absolute Gasteiger partial charge is 0.311 e. The Morgan fingerprint density at radius 2 is 1.11 bits per heavy atom. The fraction of sp³-hybridized carbons (Fsp3) is 0.333. The molecule has 2 aromatic carbocycles. The van der Waals surface area contributed by atoms with E-state index >= 15 is 0 Å². The molecule has 4 unspecified atom stereocenters. The first-order chi connectivity index (χ1) is 25.6. The van der Waals surface area contributed by atoms with Gasteiger partial charge in [-0.15, -0.1) is 10.2 Å². The molecule has 2 aromatic rings. The minimum absolute atomic E-state index is 0.0683. The molecule has 0 heterocycles. The Morgan fingerprint density at radius 1 is 0.698 bits per heavy atom. The van der Waals surface area contributed by atoms with Gasteiger partial charge in [0.1, 0.15) is 11.5 Å². The molecule has 274 valence electrons. The maximum absolute atomic E-state index is 12.1. The summed E-state index contributed by atoms with van der Waals surface area (Å²) in [6.45, 7) is -0.0439. The van der Waals surface area contributed by atoms with Crippen molar-refractivity contribution < 1.29 is 58.0 Å². The summed E-state index contributed by atoms with van der Waals surface area (Å²) in [5.74, 6) is -2.63. The van der Waals surface area contributed by atoms with Crippen LogP contribution in [0.1, 0.15) is 19.3 Å². The van der Waals surface area contributed by atoms with Crippen LogP contribution in [-0.4, -0.2) is 85.9 Å². The number of hydrogen-bond acceptors (Lipinski definition) is 18. The van der Waals surface area contributed by atoms with Gasteiger partial charge in [0.25, 0.3) is 24.3 Å². The number of fused-ring (bicyclic) bond motifs is 2. The number of isocyanates is 6. The minimum atomic E-state index is -1.59. The lowest BCUT2D eigenvalue weighted by molar-refractivity contribution is -0.168. The van der Waals surface area contributed by atoms with Gasteiger partial charge in [-0.05, 0) is 73.7 Å². The molecule has 0 radical (unpaired) electrons. The van der Waals surface area contributed by atoms with E-state index in [1.165, 1.54) is 50.7 Å². The lowest BCUT2D eigenvalue weighted by Gasteiger charge is -2.44. The molecule has 20 heteroatoms. The van der Waals surface area contributed by atoms with Gasteiger partial charge in [-0.25, -0.2) is 38.8 Å². The van der Waals surface area contributed by atoms with Gasteiger partial charge in [-0.1, -0.05) is 32.6 Å². The molecule has 2 bridgehead atoms. The van der Waals surface area contributed by atoms with Gasteiger partial charge in [0, 0.05) is 5.41 Å². The number of benzene rings is 2. The van der Waals surface area contributed by atoms with Gasteiger partial charge >= 0.3 is 11.9 Å². The summed E-state index contributed by atoms with van der Waals surface area (Å²) >= 11 is 0. The Balaban J connectivity index is 0.000000286. The highest BCUT2D eigenvalue weighted by atomic mass is 16.5. The van der Waals surface area contributed by atoms with Crippen LogP contribution < -0.4 is 19.7 Å². The number of methoxy groups -OCH3 is 2. The quantitative estimate of drug-likeness (QED) is 0.109. The van der Waals surface area contributed by atoms with E-state index in [-0.39, 0.29) is 25.9 Å². The van der Waals surface area contributed by atoms with Crippen LogP contribution in [0.25, 0.3) is 0 Å². The highest BCUT2D eigenvalue weighted by Gasteiger charge is 2.70. The highest BCUT2D eigenvalue weighted by Crippen LogP contribution is 2.67. The number of allylic oxidation sites excluding steroid dienone is 2. The molecule has 4 rings (SSSR count). The zero-order valence-corrected chi connectivity index (χ0v) is 28.0. The van der Waals surface area contributed by atoms with E-state index in [0.717, 1.165) is 10.2 Å². The molecule has 1 saturated carbocycles. The Bertz CT molecular complexity index is 1800. The first-order valence-electron chi connectivity index (χ1n) is 15.0. The van der Waals surface area contributed by atoms with Crippen molar-refractivity contribution in [3.05, 3.63) is 60.7 Å². The Morgan fingerprint density at radius 3 is 1.45 bits per heavy atom. The molecular weight excluding hydrogens is 700 g/mol. The number of nitrogens with zero attached hydrogens (tertiary/aromatic N) is 8. The number of aliphatic imine (C=N–C) groups is 2. The molecule has 0 aromatic heterocycles. The van der Waals surface area contributed by atoms with Crippen LogP contribution >= 0.6 is 0 Å². The number of carboxylic acid groups (broad SMARTS) is 2. The lowest BCUT2D eigenvalue weighted by Crippen LogP contribution is -2.51. The molecule has 0 aliphatic heterocycles. The summed E-state index contributed by atoms with van der Waals surface area (Å²) in [5.41, 5.74) is -1.65. The van der Waals surface area contributed by atoms with Gasteiger partial charge < -0.3 is 19.7 Å². The number of hydrogen-bond donors (Lipinski definition) is 2. The number of ether oxygens (including phenoxy) is 2. The van der Waals surface area contributed by atoms with Crippen molar-refractivity contribution in [2.75, 3.05) is 37.5 Å². The second-order valence-electron chi connectivity index (χ2n) is 10.7. The molecule has 0 spiro atoms. The zero-order valence-electron chi connectivity index (χ0n) is 28.0. The number of rotatable bonds is 16. The predicted octanol–water partition coefficient (Wildman–Crippen LogP) is 2.79. The summed E-state index contributed by atoms with van der Waals surface area (Å²) in [6.07, 6.45) is 11.8. The summed E-state index contributed by atoms with van der Waals surface area (Å²) in [5, 5.41) is 33.9. The third-order valence-corrected chi connectivity index (χ3v) is 8.32. The summed E-state index contributed by atoms with van der Waals surface area (Å²) in [7, 11) is 3.06. The van der Waals surface area contributed by atoms with Crippen molar-refractivity contribution in [3.8, 4) is 11.5 Å². The largest absolute Gasteiger partial charge is 0.497 e. The Hall–Kier alpha value is -7.40. The van der Waals surface area contributed by atoms with Crippen molar-refractivity contribution >= 4 is 59.8 Å². The standard InChI is InChI=1S/C15H16N2O6.2C9H7N3O3/c18-8-16-5-3-14-2-1-10(7-14)11(12(20)21)15(14,13(22)23)4-6-17-9-19;2*1-15-9-4-2-8(3-5-9)12(10-6-13)11-7-14/h1-2,10-11H,3-7H2,(H,20,21)(H,22,23);2*2-5H,1H3. The van der Waals surface area contributed by atoms with E-state index in [1.54, 1.807) is 60.7 Å². The second-order valence-corrected chi connectivity index (χ2v) is 10.7. The number of anilines is 2. The van der Waals surface area contributed by atoms with Crippen molar-refractivity contribution in [1.29, 1.82) is 0 Å². The summed E-state index contributed by atoms with van der Waals surface area (Å²) < 4.78 is 9.87. The van der Waals surface area contributed by atoms with Crippen LogP contribution in [0.15, 0.2) is 91.1 Å². The molecule has 0 saturated heterocycles. The second kappa shape index (κ2) is 21.0. The van der Waals surface area contributed by atoms with Crippen LogP contribution in [0.3, 0.4) is 0 Å². The summed E-state index contributed by atoms with van der Waals surface area (Å²) in [6, 6.07) is 12.9. The third-order valence-electron chi connectivity index (χ3n) is 8.32.